The monoisotopic (exact) mass is 420 g/mol. The molecule has 8 heteroatoms. The maximum atomic E-state index is 11.2. The summed E-state index contributed by atoms with van der Waals surface area (Å²) in [6.07, 6.45) is 3.16. The van der Waals surface area contributed by atoms with Gasteiger partial charge in [-0.3, -0.25) is 14.7 Å². The fourth-order valence-electron chi connectivity index (χ4n) is 3.50. The van der Waals surface area contributed by atoms with Gasteiger partial charge in [0, 0.05) is 51.3 Å². The van der Waals surface area contributed by atoms with Gasteiger partial charge in [-0.05, 0) is 43.9 Å². The highest BCUT2D eigenvalue weighted by Gasteiger charge is 2.23. The Kier molecular flexibility index (Phi) is 10.3. The van der Waals surface area contributed by atoms with Gasteiger partial charge in [-0.1, -0.05) is 0 Å². The van der Waals surface area contributed by atoms with Gasteiger partial charge in [0.15, 0.2) is 5.96 Å². The van der Waals surface area contributed by atoms with Gasteiger partial charge in [-0.15, -0.1) is 0 Å². The highest BCUT2D eigenvalue weighted by atomic mass is 16.5. The Morgan fingerprint density at radius 1 is 1.17 bits per heavy atom. The Labute approximate surface area is 180 Å². The van der Waals surface area contributed by atoms with Crippen molar-refractivity contribution < 1.29 is 19.0 Å². The summed E-state index contributed by atoms with van der Waals surface area (Å²) in [6.45, 7) is 6.39. The van der Waals surface area contributed by atoms with Gasteiger partial charge < -0.3 is 24.8 Å². The molecule has 1 fully saturated rings. The molecule has 0 saturated carbocycles. The van der Waals surface area contributed by atoms with Crippen molar-refractivity contribution in [1.29, 1.82) is 0 Å². The number of nitrogens with zero attached hydrogens (tertiary/aromatic N) is 2. The summed E-state index contributed by atoms with van der Waals surface area (Å²) in [4.78, 5) is 18.2. The van der Waals surface area contributed by atoms with E-state index in [0.717, 1.165) is 62.9 Å². The molecule has 8 nitrogen and oxygen atoms in total. The molecule has 1 aromatic carbocycles. The summed E-state index contributed by atoms with van der Waals surface area (Å²) >= 11 is 0. The highest BCUT2D eigenvalue weighted by molar-refractivity contribution is 5.80. The summed E-state index contributed by atoms with van der Waals surface area (Å²) in [5.74, 6) is 2.30. The van der Waals surface area contributed by atoms with Crippen LogP contribution in [0.3, 0.4) is 0 Å². The number of methoxy groups -OCH3 is 3. The van der Waals surface area contributed by atoms with E-state index in [0.29, 0.717) is 19.0 Å². The fourth-order valence-corrected chi connectivity index (χ4v) is 3.50. The topological polar surface area (TPSA) is 84.4 Å². The van der Waals surface area contributed by atoms with E-state index in [-0.39, 0.29) is 5.97 Å². The lowest BCUT2D eigenvalue weighted by Gasteiger charge is -2.19. The summed E-state index contributed by atoms with van der Waals surface area (Å²) in [7, 11) is 4.76. The quantitative estimate of drug-likeness (QED) is 0.246. The third-order valence-corrected chi connectivity index (χ3v) is 5.06. The smallest absolute Gasteiger partial charge is 0.305 e. The van der Waals surface area contributed by atoms with Crippen LogP contribution in [0.5, 0.6) is 11.5 Å². The Morgan fingerprint density at radius 3 is 2.53 bits per heavy atom. The number of hydrogen-bond donors (Lipinski definition) is 2. The highest BCUT2D eigenvalue weighted by Crippen LogP contribution is 2.24. The number of nitrogens with one attached hydrogen (secondary N) is 2. The molecule has 168 valence electrons. The first-order valence-electron chi connectivity index (χ1n) is 10.6. The van der Waals surface area contributed by atoms with Crippen LogP contribution in [0.2, 0.25) is 0 Å². The molecule has 0 aliphatic carbocycles. The Balaban J connectivity index is 1.82. The third kappa shape index (κ3) is 8.10. The van der Waals surface area contributed by atoms with Crippen molar-refractivity contribution in [2.75, 3.05) is 47.5 Å². The van der Waals surface area contributed by atoms with Gasteiger partial charge in [0.05, 0.1) is 21.3 Å². The van der Waals surface area contributed by atoms with Crippen LogP contribution in [0.1, 0.15) is 38.2 Å². The van der Waals surface area contributed by atoms with Crippen molar-refractivity contribution >= 4 is 11.9 Å². The van der Waals surface area contributed by atoms with Gasteiger partial charge in [-0.25, -0.2) is 0 Å². The predicted molar refractivity (Wildman–Crippen MR) is 118 cm³/mol. The Morgan fingerprint density at radius 2 is 1.90 bits per heavy atom. The number of likely N-dealkylation sites (tertiary alicyclic amines) is 1. The molecule has 1 atom stereocenters. The lowest BCUT2D eigenvalue weighted by Crippen LogP contribution is -2.44. The van der Waals surface area contributed by atoms with Crippen LogP contribution in [-0.2, 0) is 16.1 Å². The molecule has 0 amide bonds. The van der Waals surface area contributed by atoms with Gasteiger partial charge in [0.25, 0.3) is 0 Å². The fraction of sp³-hybridized carbons (Fsp3) is 0.636. The normalized spacial score (nSPS) is 16.9. The molecular formula is C22H36N4O4. The molecule has 0 aromatic heterocycles. The summed E-state index contributed by atoms with van der Waals surface area (Å²) in [6, 6.07) is 6.36. The molecule has 0 bridgehead atoms. The van der Waals surface area contributed by atoms with Crippen molar-refractivity contribution in [3.63, 3.8) is 0 Å². The predicted octanol–water partition coefficient (Wildman–Crippen LogP) is 2.18. The van der Waals surface area contributed by atoms with Crippen molar-refractivity contribution in [3.8, 4) is 11.5 Å². The van der Waals surface area contributed by atoms with E-state index in [9.17, 15) is 4.79 Å². The van der Waals surface area contributed by atoms with E-state index in [4.69, 9.17) is 9.47 Å². The van der Waals surface area contributed by atoms with Crippen molar-refractivity contribution in [2.24, 2.45) is 4.99 Å². The maximum absolute atomic E-state index is 11.2. The van der Waals surface area contributed by atoms with E-state index >= 15 is 0 Å². The standard InChI is InChI=1S/C22H36N4O4/c1-5-23-22(24-10-7-6-8-21(27)30-4)25-18-9-11-26(16-18)15-17-12-19(28-2)14-20(13-17)29-3/h12-14,18H,5-11,15-16H2,1-4H3,(H2,23,24,25). The van der Waals surface area contributed by atoms with Crippen LogP contribution in [0, 0.1) is 0 Å². The number of rotatable bonds is 11. The minimum Gasteiger partial charge on any atom is -0.497 e. The number of aliphatic imine (C=N–C) groups is 1. The molecule has 1 unspecified atom stereocenters. The first-order chi connectivity index (χ1) is 14.6. The average Bonchev–Trinajstić information content (AvgIpc) is 3.19. The number of ether oxygens (including phenoxy) is 3. The summed E-state index contributed by atoms with van der Waals surface area (Å²) in [5, 5.41) is 6.86. The second-order valence-corrected chi connectivity index (χ2v) is 7.38. The minimum atomic E-state index is -0.163. The van der Waals surface area contributed by atoms with Crippen molar-refractivity contribution in [2.45, 2.75) is 45.2 Å². The van der Waals surface area contributed by atoms with Gasteiger partial charge in [0.2, 0.25) is 0 Å². The molecule has 2 rings (SSSR count). The number of unbranched alkanes of at least 4 members (excludes halogenated alkanes) is 1. The number of esters is 1. The zero-order valence-electron chi connectivity index (χ0n) is 18.7. The van der Waals surface area contributed by atoms with Crippen LogP contribution in [0.25, 0.3) is 0 Å². The molecule has 1 saturated heterocycles. The minimum absolute atomic E-state index is 0.163. The van der Waals surface area contributed by atoms with Crippen molar-refractivity contribution in [3.05, 3.63) is 23.8 Å². The third-order valence-electron chi connectivity index (χ3n) is 5.06. The van der Waals surface area contributed by atoms with Crippen molar-refractivity contribution in [1.82, 2.24) is 15.5 Å². The van der Waals surface area contributed by atoms with Gasteiger partial charge in [-0.2, -0.15) is 0 Å². The zero-order valence-corrected chi connectivity index (χ0v) is 18.7. The number of carbonyl (C=O) groups is 1. The molecule has 1 heterocycles. The second kappa shape index (κ2) is 13.0. The molecule has 1 aliphatic heterocycles. The first kappa shape index (κ1) is 23.8. The van der Waals surface area contributed by atoms with E-state index in [1.165, 1.54) is 12.7 Å². The maximum Gasteiger partial charge on any atom is 0.305 e. The molecule has 1 aromatic rings. The van der Waals surface area contributed by atoms with Crippen LogP contribution in [0.15, 0.2) is 23.2 Å². The molecule has 0 radical (unpaired) electrons. The van der Waals surface area contributed by atoms with E-state index in [2.05, 4.69) is 44.3 Å². The van der Waals surface area contributed by atoms with Gasteiger partial charge in [0.1, 0.15) is 11.5 Å². The van der Waals surface area contributed by atoms with Gasteiger partial charge >= 0.3 is 5.97 Å². The molecule has 30 heavy (non-hydrogen) atoms. The average molecular weight is 421 g/mol. The number of benzene rings is 1. The summed E-state index contributed by atoms with van der Waals surface area (Å²) < 4.78 is 15.4. The molecule has 1 aliphatic rings. The van der Waals surface area contributed by atoms with Crippen LogP contribution in [-0.4, -0.2) is 70.4 Å². The lowest BCUT2D eigenvalue weighted by atomic mass is 10.2. The largest absolute Gasteiger partial charge is 0.497 e. The van der Waals surface area contributed by atoms with E-state index in [1.54, 1.807) is 14.2 Å². The second-order valence-electron chi connectivity index (χ2n) is 7.38. The first-order valence-corrected chi connectivity index (χ1v) is 10.6. The Bertz CT molecular complexity index is 673. The lowest BCUT2D eigenvalue weighted by molar-refractivity contribution is -0.140. The van der Waals surface area contributed by atoms with Crippen LogP contribution < -0.4 is 20.1 Å². The number of guanidine groups is 1. The summed E-state index contributed by atoms with van der Waals surface area (Å²) in [5.41, 5.74) is 1.18. The zero-order chi connectivity index (χ0) is 21.8. The van der Waals surface area contributed by atoms with E-state index < -0.39 is 0 Å². The Hall–Kier alpha value is -2.48. The van der Waals surface area contributed by atoms with Crippen LogP contribution in [0.4, 0.5) is 0 Å². The molecular weight excluding hydrogens is 384 g/mol. The number of carbonyl (C=O) groups excluding carboxylic acids is 1. The van der Waals surface area contributed by atoms with Crippen LogP contribution >= 0.6 is 0 Å². The van der Waals surface area contributed by atoms with E-state index in [1.807, 2.05) is 6.07 Å². The molecule has 2 N–H and O–H groups in total. The molecule has 0 spiro atoms. The number of hydrogen-bond acceptors (Lipinski definition) is 6. The SMILES string of the molecule is CCNC(=NCCCCC(=O)OC)NC1CCN(Cc2cc(OC)cc(OC)c2)C1.